The summed E-state index contributed by atoms with van der Waals surface area (Å²) in [6.45, 7) is 13.2. The van der Waals surface area contributed by atoms with Gasteiger partial charge in [0, 0.05) is 38.8 Å². The second-order valence-corrected chi connectivity index (χ2v) is 11.0. The van der Waals surface area contributed by atoms with Crippen LogP contribution in [0.1, 0.15) is 74.7 Å². The Labute approximate surface area is 205 Å². The average molecular weight is 504 g/mol. The molecular formula is C23H37NO9S. The monoisotopic (exact) mass is 503 g/mol. The van der Waals surface area contributed by atoms with Gasteiger partial charge in [0.05, 0.1) is 0 Å². The first kappa shape index (κ1) is 28.4. The lowest BCUT2D eigenvalue weighted by molar-refractivity contribution is -0.176. The van der Waals surface area contributed by atoms with Crippen LogP contribution in [0.4, 0.5) is 0 Å². The Morgan fingerprint density at radius 3 is 1.88 bits per heavy atom. The van der Waals surface area contributed by atoms with Crippen LogP contribution in [0, 0.1) is 0 Å². The zero-order valence-electron chi connectivity index (χ0n) is 21.2. The molecule has 0 radical (unpaired) electrons. The molecule has 0 aliphatic carbocycles. The van der Waals surface area contributed by atoms with Gasteiger partial charge in [-0.05, 0) is 58.9 Å². The smallest absolute Gasteiger partial charge is 0.303 e. The third-order valence-corrected chi connectivity index (χ3v) is 7.62. The van der Waals surface area contributed by atoms with Gasteiger partial charge in [0.25, 0.3) is 0 Å². The van der Waals surface area contributed by atoms with Crippen LogP contribution in [0.25, 0.3) is 0 Å². The number of rotatable bonds is 8. The minimum absolute atomic E-state index is 0.182. The van der Waals surface area contributed by atoms with Crippen molar-refractivity contribution in [2.24, 2.45) is 0 Å². The molecule has 2 rings (SSSR count). The van der Waals surface area contributed by atoms with Gasteiger partial charge in [0.15, 0.2) is 23.7 Å². The summed E-state index contributed by atoms with van der Waals surface area (Å²) in [5.41, 5.74) is -1.12. The number of carbonyl (C=O) groups excluding carboxylic acids is 4. The van der Waals surface area contributed by atoms with Crippen LogP contribution in [0.3, 0.4) is 0 Å². The molecule has 0 unspecified atom stereocenters. The van der Waals surface area contributed by atoms with Gasteiger partial charge < -0.3 is 23.7 Å². The van der Waals surface area contributed by atoms with Crippen LogP contribution < -0.4 is 0 Å². The van der Waals surface area contributed by atoms with Gasteiger partial charge in [-0.2, -0.15) is 0 Å². The van der Waals surface area contributed by atoms with Crippen LogP contribution in [0.5, 0.6) is 0 Å². The van der Waals surface area contributed by atoms with E-state index in [2.05, 4.69) is 32.0 Å². The Kier molecular flexibility index (Phi) is 9.40. The second kappa shape index (κ2) is 11.3. The molecule has 0 N–H and O–H groups in total. The fraction of sp³-hybridized carbons (Fsp3) is 0.826. The van der Waals surface area contributed by atoms with Crippen molar-refractivity contribution in [2.75, 3.05) is 6.61 Å². The van der Waals surface area contributed by atoms with Crippen molar-refractivity contribution >= 4 is 35.8 Å². The van der Waals surface area contributed by atoms with Gasteiger partial charge in [0.1, 0.15) is 12.7 Å². The lowest BCUT2D eigenvalue weighted by atomic mass is 9.83. The zero-order chi connectivity index (χ0) is 25.8. The van der Waals surface area contributed by atoms with Crippen LogP contribution in [-0.2, 0) is 42.9 Å². The Bertz CT molecular complexity index is 768. The molecule has 0 spiro atoms. The molecule has 2 aliphatic heterocycles. The van der Waals surface area contributed by atoms with E-state index in [-0.39, 0.29) is 17.7 Å². The fourth-order valence-electron chi connectivity index (χ4n) is 4.65. The first-order valence-electron chi connectivity index (χ1n) is 11.4. The van der Waals surface area contributed by atoms with Gasteiger partial charge in [-0.15, -0.1) is 0 Å². The highest BCUT2D eigenvalue weighted by Gasteiger charge is 2.56. The molecule has 0 bridgehead atoms. The highest BCUT2D eigenvalue weighted by Crippen LogP contribution is 2.47. The summed E-state index contributed by atoms with van der Waals surface area (Å²) in [5, 5.41) is 0. The second-order valence-electron chi connectivity index (χ2n) is 9.95. The third-order valence-electron chi connectivity index (χ3n) is 5.83. The minimum Gasteiger partial charge on any atom is -0.462 e. The van der Waals surface area contributed by atoms with E-state index >= 15 is 0 Å². The number of hydrogen-bond acceptors (Lipinski definition) is 11. The molecule has 2 fully saturated rings. The summed E-state index contributed by atoms with van der Waals surface area (Å²) >= 11 is 1.38. The van der Waals surface area contributed by atoms with Crippen molar-refractivity contribution in [1.82, 2.24) is 4.31 Å². The summed E-state index contributed by atoms with van der Waals surface area (Å²) in [7, 11) is 0. The third kappa shape index (κ3) is 7.32. The predicted molar refractivity (Wildman–Crippen MR) is 123 cm³/mol. The normalized spacial score (nSPS) is 29.1. The van der Waals surface area contributed by atoms with Crippen molar-refractivity contribution in [3.8, 4) is 0 Å². The molecule has 10 nitrogen and oxygen atoms in total. The van der Waals surface area contributed by atoms with Crippen LogP contribution in [0.15, 0.2) is 0 Å². The van der Waals surface area contributed by atoms with Crippen molar-refractivity contribution in [2.45, 2.75) is 116 Å². The molecule has 194 valence electrons. The van der Waals surface area contributed by atoms with E-state index in [1.54, 1.807) is 0 Å². The zero-order valence-corrected chi connectivity index (χ0v) is 22.1. The number of nitrogens with zero attached hydrogens (tertiary/aromatic N) is 1. The molecule has 11 heteroatoms. The first-order valence-corrected chi connectivity index (χ1v) is 12.3. The summed E-state index contributed by atoms with van der Waals surface area (Å²) in [6.07, 6.45) is -1.13. The van der Waals surface area contributed by atoms with Crippen LogP contribution in [-0.4, -0.2) is 75.7 Å². The van der Waals surface area contributed by atoms with Gasteiger partial charge in [-0.1, -0.05) is 0 Å². The lowest BCUT2D eigenvalue weighted by Gasteiger charge is -2.52. The number of esters is 4. The van der Waals surface area contributed by atoms with E-state index in [0.717, 1.165) is 19.3 Å². The van der Waals surface area contributed by atoms with Gasteiger partial charge >= 0.3 is 23.9 Å². The van der Waals surface area contributed by atoms with E-state index in [4.69, 9.17) is 23.7 Å². The van der Waals surface area contributed by atoms with Crippen molar-refractivity contribution in [3.63, 3.8) is 0 Å². The standard InChI is InChI=1S/C23H37NO9S/c1-13(25)29-12-17(30-14(2)26)18-19(31-15(3)27)20(32-16(4)28)21(33-18)34-24-22(5,6)10-9-11-23(24,7)8/h17-21H,9-12H2,1-8H3/t17-,18+,19+,20-,21+/m1/s1. The minimum atomic E-state index is -1.07. The lowest BCUT2D eigenvalue weighted by Crippen LogP contribution is -2.56. The molecule has 0 aromatic heterocycles. The Morgan fingerprint density at radius 2 is 1.41 bits per heavy atom. The maximum atomic E-state index is 12.0. The van der Waals surface area contributed by atoms with E-state index in [1.165, 1.54) is 39.6 Å². The van der Waals surface area contributed by atoms with E-state index < -0.39 is 53.7 Å². The van der Waals surface area contributed by atoms with Crippen molar-refractivity contribution in [3.05, 3.63) is 0 Å². The maximum Gasteiger partial charge on any atom is 0.303 e. The Morgan fingerprint density at radius 1 is 0.882 bits per heavy atom. The van der Waals surface area contributed by atoms with Crippen molar-refractivity contribution < 1.29 is 42.9 Å². The summed E-state index contributed by atoms with van der Waals surface area (Å²) in [6, 6.07) is 0. The average Bonchev–Trinajstić information content (AvgIpc) is 2.97. The largest absolute Gasteiger partial charge is 0.462 e. The summed E-state index contributed by atoms with van der Waals surface area (Å²) in [4.78, 5) is 47.2. The Hall–Kier alpha value is -1.85. The quantitative estimate of drug-likeness (QED) is 0.276. The summed E-state index contributed by atoms with van der Waals surface area (Å²) < 4.78 is 30.1. The molecule has 0 aromatic rings. The first-order chi connectivity index (χ1) is 15.6. The Balaban J connectivity index is 2.43. The SMILES string of the molecule is CC(=O)OC[C@@H](OC(C)=O)[C@@H]1O[C@@H](SN2C(C)(C)CCCC2(C)C)[C@H](OC(C)=O)[C@H]1OC(C)=O. The summed E-state index contributed by atoms with van der Waals surface area (Å²) in [5.74, 6) is -2.38. The highest BCUT2D eigenvalue weighted by molar-refractivity contribution is 7.97. The topological polar surface area (TPSA) is 118 Å². The molecule has 2 heterocycles. The molecular weight excluding hydrogens is 466 g/mol. The van der Waals surface area contributed by atoms with Crippen LogP contribution >= 0.6 is 11.9 Å². The predicted octanol–water partition coefficient (Wildman–Crippen LogP) is 2.76. The molecule has 2 saturated heterocycles. The van der Waals surface area contributed by atoms with Gasteiger partial charge in [-0.3, -0.25) is 19.2 Å². The number of ether oxygens (including phenoxy) is 5. The van der Waals surface area contributed by atoms with Gasteiger partial charge in [0.2, 0.25) is 0 Å². The number of piperidine rings is 1. The van der Waals surface area contributed by atoms with E-state index in [0.29, 0.717) is 0 Å². The fourth-order valence-corrected chi connectivity index (χ4v) is 6.12. The molecule has 0 amide bonds. The number of carbonyl (C=O) groups is 4. The highest BCUT2D eigenvalue weighted by atomic mass is 32.2. The molecule has 0 aromatic carbocycles. The maximum absolute atomic E-state index is 12.0. The number of hydrogen-bond donors (Lipinski definition) is 0. The molecule has 0 saturated carbocycles. The molecule has 5 atom stereocenters. The van der Waals surface area contributed by atoms with Crippen molar-refractivity contribution in [1.29, 1.82) is 0 Å². The van der Waals surface area contributed by atoms with Gasteiger partial charge in [-0.25, -0.2) is 4.31 Å². The molecule has 34 heavy (non-hydrogen) atoms. The van der Waals surface area contributed by atoms with E-state index in [9.17, 15) is 19.2 Å². The van der Waals surface area contributed by atoms with E-state index in [1.807, 2.05) is 0 Å². The van der Waals surface area contributed by atoms with Crippen LogP contribution in [0.2, 0.25) is 0 Å². The molecule has 2 aliphatic rings.